The molecule has 0 aromatic carbocycles. The number of rotatable bonds is 4. The number of aromatic nitrogens is 2. The first-order chi connectivity index (χ1) is 9.10. The molecular formula is C12H12N4O3. The number of hydrogen-bond acceptors (Lipinski definition) is 5. The fourth-order valence-corrected chi connectivity index (χ4v) is 1.64. The van der Waals surface area contributed by atoms with Gasteiger partial charge in [-0.1, -0.05) is 0 Å². The summed E-state index contributed by atoms with van der Waals surface area (Å²) in [6.45, 7) is 0.191. The van der Waals surface area contributed by atoms with Crippen molar-refractivity contribution in [2.75, 3.05) is 12.4 Å². The molecule has 0 atom stereocenters. The van der Waals surface area contributed by atoms with E-state index in [0.29, 0.717) is 5.69 Å². The molecule has 0 spiro atoms. The number of anilines is 1. The van der Waals surface area contributed by atoms with Gasteiger partial charge in [-0.25, -0.2) is 0 Å². The molecule has 0 unspecified atom stereocenters. The van der Waals surface area contributed by atoms with Gasteiger partial charge in [-0.05, 0) is 12.1 Å². The average molecular weight is 260 g/mol. The molecule has 0 fully saturated rings. The van der Waals surface area contributed by atoms with Gasteiger partial charge in [0.2, 0.25) is 0 Å². The van der Waals surface area contributed by atoms with Gasteiger partial charge < -0.3 is 9.88 Å². The Morgan fingerprint density at radius 3 is 2.89 bits per heavy atom. The van der Waals surface area contributed by atoms with E-state index in [2.05, 4.69) is 10.3 Å². The Kier molecular flexibility index (Phi) is 3.56. The summed E-state index contributed by atoms with van der Waals surface area (Å²) in [4.78, 5) is 25.9. The average Bonchev–Trinajstić information content (AvgIpc) is 2.41. The summed E-state index contributed by atoms with van der Waals surface area (Å²) < 4.78 is 1.26. The van der Waals surface area contributed by atoms with Crippen LogP contribution >= 0.6 is 0 Å². The Morgan fingerprint density at radius 1 is 1.42 bits per heavy atom. The van der Waals surface area contributed by atoms with Crippen LogP contribution in [0.3, 0.4) is 0 Å². The maximum atomic E-state index is 11.6. The van der Waals surface area contributed by atoms with Crippen molar-refractivity contribution in [2.24, 2.45) is 0 Å². The lowest BCUT2D eigenvalue weighted by Gasteiger charge is -2.06. The van der Waals surface area contributed by atoms with Crippen LogP contribution in [-0.2, 0) is 6.54 Å². The summed E-state index contributed by atoms with van der Waals surface area (Å²) in [7, 11) is 1.78. The second-order valence-corrected chi connectivity index (χ2v) is 3.90. The molecule has 98 valence electrons. The topological polar surface area (TPSA) is 90.1 Å². The molecule has 0 bridgehead atoms. The van der Waals surface area contributed by atoms with Gasteiger partial charge in [0.15, 0.2) is 0 Å². The molecule has 0 radical (unpaired) electrons. The van der Waals surface area contributed by atoms with Crippen molar-refractivity contribution in [1.29, 1.82) is 0 Å². The molecule has 0 aliphatic rings. The highest BCUT2D eigenvalue weighted by Crippen LogP contribution is 2.10. The third-order valence-corrected chi connectivity index (χ3v) is 2.62. The zero-order valence-electron chi connectivity index (χ0n) is 10.2. The molecule has 0 saturated carbocycles. The van der Waals surface area contributed by atoms with Crippen LogP contribution in [0.5, 0.6) is 0 Å². The molecule has 0 aliphatic carbocycles. The van der Waals surface area contributed by atoms with Gasteiger partial charge in [-0.2, -0.15) is 0 Å². The van der Waals surface area contributed by atoms with Gasteiger partial charge in [-0.3, -0.25) is 19.9 Å². The Hall–Kier alpha value is -2.70. The molecule has 2 aromatic heterocycles. The van der Waals surface area contributed by atoms with E-state index in [4.69, 9.17) is 0 Å². The van der Waals surface area contributed by atoms with Gasteiger partial charge in [0.25, 0.3) is 11.2 Å². The van der Waals surface area contributed by atoms with Gasteiger partial charge >= 0.3 is 0 Å². The van der Waals surface area contributed by atoms with Crippen LogP contribution in [-0.4, -0.2) is 21.5 Å². The second-order valence-electron chi connectivity index (χ2n) is 3.90. The van der Waals surface area contributed by atoms with E-state index >= 15 is 0 Å². The second kappa shape index (κ2) is 5.30. The smallest absolute Gasteiger partial charge is 0.285 e. The highest BCUT2D eigenvalue weighted by atomic mass is 16.6. The Labute approximate surface area is 108 Å². The number of nitrogens with zero attached hydrogens (tertiary/aromatic N) is 3. The van der Waals surface area contributed by atoms with Crippen molar-refractivity contribution in [2.45, 2.75) is 6.54 Å². The van der Waals surface area contributed by atoms with Crippen molar-refractivity contribution < 1.29 is 4.92 Å². The summed E-state index contributed by atoms with van der Waals surface area (Å²) in [6, 6.07) is 5.95. The molecule has 7 nitrogen and oxygen atoms in total. The van der Waals surface area contributed by atoms with Crippen LogP contribution in [0.2, 0.25) is 0 Å². The van der Waals surface area contributed by atoms with Crippen molar-refractivity contribution in [3.05, 3.63) is 62.8 Å². The summed E-state index contributed by atoms with van der Waals surface area (Å²) in [5.74, 6) is 0. The minimum absolute atomic E-state index is 0.121. The molecule has 0 amide bonds. The monoisotopic (exact) mass is 260 g/mol. The molecule has 0 saturated heterocycles. The lowest BCUT2D eigenvalue weighted by molar-refractivity contribution is -0.385. The van der Waals surface area contributed by atoms with E-state index in [-0.39, 0.29) is 17.8 Å². The van der Waals surface area contributed by atoms with Gasteiger partial charge in [0.05, 0.1) is 23.4 Å². The normalized spacial score (nSPS) is 10.2. The third kappa shape index (κ3) is 2.95. The predicted octanol–water partition coefficient (Wildman–Crippen LogP) is 1.24. The summed E-state index contributed by atoms with van der Waals surface area (Å²) >= 11 is 0. The minimum atomic E-state index is -0.534. The highest BCUT2D eigenvalue weighted by molar-refractivity contribution is 5.42. The lowest BCUT2D eigenvalue weighted by Crippen LogP contribution is -2.19. The summed E-state index contributed by atoms with van der Waals surface area (Å²) in [5.41, 5.74) is 1.09. The predicted molar refractivity (Wildman–Crippen MR) is 70.2 cm³/mol. The van der Waals surface area contributed by atoms with Crippen LogP contribution in [0.4, 0.5) is 11.4 Å². The standard InChI is InChI=1S/C12H12N4O3/c1-13-9-4-5-14-10(6-9)7-15-8-11(16(18)19)2-3-12(15)17/h2-6,8H,7H2,1H3,(H,13,14). The molecule has 2 heterocycles. The molecule has 2 aromatic rings. The molecule has 1 N–H and O–H groups in total. The fourth-order valence-electron chi connectivity index (χ4n) is 1.64. The highest BCUT2D eigenvalue weighted by Gasteiger charge is 2.08. The van der Waals surface area contributed by atoms with Crippen molar-refractivity contribution in [3.8, 4) is 0 Å². The molecular weight excluding hydrogens is 248 g/mol. The van der Waals surface area contributed by atoms with Crippen molar-refractivity contribution in [1.82, 2.24) is 9.55 Å². The van der Waals surface area contributed by atoms with E-state index in [1.807, 2.05) is 0 Å². The van der Waals surface area contributed by atoms with Crippen LogP contribution in [0.1, 0.15) is 5.69 Å². The quantitative estimate of drug-likeness (QED) is 0.659. The fraction of sp³-hybridized carbons (Fsp3) is 0.167. The molecule has 2 rings (SSSR count). The number of nitrogens with one attached hydrogen (secondary N) is 1. The first kappa shape index (κ1) is 12.7. The van der Waals surface area contributed by atoms with E-state index in [1.54, 1.807) is 25.4 Å². The summed E-state index contributed by atoms with van der Waals surface area (Å²) in [6.07, 6.45) is 2.83. The largest absolute Gasteiger partial charge is 0.388 e. The maximum absolute atomic E-state index is 11.6. The number of nitro groups is 1. The van der Waals surface area contributed by atoms with Gasteiger partial charge in [0.1, 0.15) is 0 Å². The SMILES string of the molecule is CNc1ccnc(Cn2cc([N+](=O)[O-])ccc2=O)c1. The molecule has 7 heteroatoms. The Morgan fingerprint density at radius 2 is 2.21 bits per heavy atom. The lowest BCUT2D eigenvalue weighted by atomic mass is 10.3. The van der Waals surface area contributed by atoms with Gasteiger partial charge in [0, 0.05) is 31.1 Å². The van der Waals surface area contributed by atoms with E-state index in [9.17, 15) is 14.9 Å². The van der Waals surface area contributed by atoms with Crippen molar-refractivity contribution >= 4 is 11.4 Å². The third-order valence-electron chi connectivity index (χ3n) is 2.62. The number of hydrogen-bond donors (Lipinski definition) is 1. The van der Waals surface area contributed by atoms with E-state index < -0.39 is 4.92 Å². The van der Waals surface area contributed by atoms with Crippen LogP contribution in [0.15, 0.2) is 41.5 Å². The maximum Gasteiger partial charge on any atom is 0.285 e. The van der Waals surface area contributed by atoms with E-state index in [1.165, 1.54) is 22.9 Å². The van der Waals surface area contributed by atoms with Crippen LogP contribution in [0.25, 0.3) is 0 Å². The van der Waals surface area contributed by atoms with Crippen molar-refractivity contribution in [3.63, 3.8) is 0 Å². The minimum Gasteiger partial charge on any atom is -0.388 e. The van der Waals surface area contributed by atoms with Gasteiger partial charge in [-0.15, -0.1) is 0 Å². The van der Waals surface area contributed by atoms with E-state index in [0.717, 1.165) is 5.69 Å². The zero-order chi connectivity index (χ0) is 13.8. The van der Waals surface area contributed by atoms with Crippen LogP contribution < -0.4 is 10.9 Å². The Balaban J connectivity index is 2.34. The zero-order valence-corrected chi connectivity index (χ0v) is 10.2. The molecule has 0 aliphatic heterocycles. The first-order valence-electron chi connectivity index (χ1n) is 5.57. The Bertz CT molecular complexity index is 666. The molecule has 19 heavy (non-hydrogen) atoms. The first-order valence-corrected chi connectivity index (χ1v) is 5.57. The summed E-state index contributed by atoms with van der Waals surface area (Å²) in [5, 5.41) is 13.6. The number of pyridine rings is 2. The van der Waals surface area contributed by atoms with Crippen LogP contribution in [0, 0.1) is 10.1 Å².